The lowest BCUT2D eigenvalue weighted by atomic mass is 10.0. The molecule has 0 saturated heterocycles. The molecular formula is C8H7N2O4-. The van der Waals surface area contributed by atoms with Gasteiger partial charge in [0.05, 0.1) is 11.8 Å². The molecule has 0 radical (unpaired) electrons. The molecule has 14 heavy (non-hydrogen) atoms. The van der Waals surface area contributed by atoms with Crippen molar-refractivity contribution in [2.45, 2.75) is 12.1 Å². The fraction of sp³-hybridized carbons (Fsp3) is 0.250. The Morgan fingerprint density at radius 3 is 3.29 bits per heavy atom. The van der Waals surface area contributed by atoms with E-state index in [0.717, 1.165) is 0 Å². The van der Waals surface area contributed by atoms with Crippen molar-refractivity contribution in [1.82, 2.24) is 5.48 Å². The molecule has 0 fully saturated rings. The van der Waals surface area contributed by atoms with Crippen LogP contribution in [0.1, 0.15) is 0 Å². The quantitative estimate of drug-likeness (QED) is 0.372. The Balaban J connectivity index is 2.35. The first-order chi connectivity index (χ1) is 6.61. The van der Waals surface area contributed by atoms with Gasteiger partial charge in [-0.2, -0.15) is 5.48 Å². The lowest BCUT2D eigenvalue weighted by molar-refractivity contribution is -0.634. The summed E-state index contributed by atoms with van der Waals surface area (Å²) in [6, 6.07) is -0.395. The van der Waals surface area contributed by atoms with E-state index in [-0.39, 0.29) is 5.71 Å². The molecule has 74 valence electrons. The molecule has 0 aromatic rings. The number of aldehydes is 1. The minimum Gasteiger partial charge on any atom is -0.786 e. The third-order valence-electron chi connectivity index (χ3n) is 1.84. The van der Waals surface area contributed by atoms with Gasteiger partial charge in [-0.15, -0.1) is 0 Å². The summed E-state index contributed by atoms with van der Waals surface area (Å²) in [7, 11) is 0. The van der Waals surface area contributed by atoms with E-state index >= 15 is 0 Å². The van der Waals surface area contributed by atoms with Crippen molar-refractivity contribution in [1.29, 1.82) is 0 Å². The highest BCUT2D eigenvalue weighted by Gasteiger charge is 2.26. The first-order valence-electron chi connectivity index (χ1n) is 3.92. The standard InChI is InChI=1S/C8H7N2O4/c11-4-5-1-2-6-7(3-5)9-8(12,13)14-10-6/h1-4,6,10,12H/q-1. The summed E-state index contributed by atoms with van der Waals surface area (Å²) in [5, 5.41) is 19.8. The molecule has 6 nitrogen and oxygen atoms in total. The van der Waals surface area contributed by atoms with Crippen LogP contribution in [-0.4, -0.2) is 29.2 Å². The van der Waals surface area contributed by atoms with E-state index in [9.17, 15) is 9.90 Å². The molecule has 2 N–H and O–H groups in total. The predicted octanol–water partition coefficient (Wildman–Crippen LogP) is -2.01. The van der Waals surface area contributed by atoms with Crippen LogP contribution in [0.3, 0.4) is 0 Å². The molecular weight excluding hydrogens is 188 g/mol. The predicted molar refractivity (Wildman–Crippen MR) is 43.7 cm³/mol. The van der Waals surface area contributed by atoms with Gasteiger partial charge >= 0.3 is 0 Å². The molecule has 0 aromatic carbocycles. The second-order valence-electron chi connectivity index (χ2n) is 2.90. The van der Waals surface area contributed by atoms with Crippen molar-refractivity contribution in [3.63, 3.8) is 0 Å². The molecule has 0 spiro atoms. The highest BCUT2D eigenvalue weighted by Crippen LogP contribution is 2.14. The lowest BCUT2D eigenvalue weighted by Gasteiger charge is -2.36. The van der Waals surface area contributed by atoms with Gasteiger partial charge in [-0.25, -0.2) is 4.99 Å². The maximum atomic E-state index is 10.9. The Morgan fingerprint density at radius 2 is 2.57 bits per heavy atom. The van der Waals surface area contributed by atoms with Crippen molar-refractivity contribution in [2.75, 3.05) is 0 Å². The van der Waals surface area contributed by atoms with Crippen LogP contribution < -0.4 is 10.6 Å². The van der Waals surface area contributed by atoms with Gasteiger partial charge in [0.25, 0.3) is 0 Å². The number of aliphatic hydroxyl groups is 1. The minimum atomic E-state index is -2.82. The van der Waals surface area contributed by atoms with Crippen LogP contribution in [0.4, 0.5) is 0 Å². The maximum absolute atomic E-state index is 10.9. The number of nitrogens with zero attached hydrogens (tertiary/aromatic N) is 1. The lowest BCUT2D eigenvalue weighted by Crippen LogP contribution is -2.56. The van der Waals surface area contributed by atoms with E-state index in [0.29, 0.717) is 11.9 Å². The Morgan fingerprint density at radius 1 is 1.79 bits per heavy atom. The minimum absolute atomic E-state index is 0.276. The zero-order valence-electron chi connectivity index (χ0n) is 7.01. The van der Waals surface area contributed by atoms with E-state index in [4.69, 9.17) is 5.11 Å². The zero-order chi connectivity index (χ0) is 10.2. The molecule has 1 aliphatic heterocycles. The van der Waals surface area contributed by atoms with E-state index in [1.165, 1.54) is 6.08 Å². The largest absolute Gasteiger partial charge is 0.786 e. The van der Waals surface area contributed by atoms with E-state index in [1.54, 1.807) is 12.2 Å². The molecule has 6 heteroatoms. The van der Waals surface area contributed by atoms with Gasteiger partial charge in [-0.1, -0.05) is 12.2 Å². The van der Waals surface area contributed by atoms with Gasteiger partial charge in [-0.3, -0.25) is 9.63 Å². The van der Waals surface area contributed by atoms with Gasteiger partial charge in [-0.05, 0) is 6.08 Å². The molecule has 2 rings (SSSR count). The van der Waals surface area contributed by atoms with Crippen molar-refractivity contribution < 1.29 is 19.8 Å². The highest BCUT2D eigenvalue weighted by molar-refractivity contribution is 6.06. The van der Waals surface area contributed by atoms with Gasteiger partial charge in [0.1, 0.15) is 6.29 Å². The number of carbonyl (C=O) groups is 1. The summed E-state index contributed by atoms with van der Waals surface area (Å²) >= 11 is 0. The summed E-state index contributed by atoms with van der Waals surface area (Å²) in [4.78, 5) is 18.1. The van der Waals surface area contributed by atoms with Crippen LogP contribution in [-0.2, 0) is 9.63 Å². The van der Waals surface area contributed by atoms with Crippen LogP contribution in [0.2, 0.25) is 0 Å². The first-order valence-corrected chi connectivity index (χ1v) is 3.92. The normalized spacial score (nSPS) is 35.7. The van der Waals surface area contributed by atoms with Crippen molar-refractivity contribution in [3.05, 3.63) is 23.8 Å². The fourth-order valence-corrected chi connectivity index (χ4v) is 1.22. The Hall–Kier alpha value is -1.34. The van der Waals surface area contributed by atoms with Crippen LogP contribution in [0.15, 0.2) is 28.8 Å². The molecule has 0 amide bonds. The van der Waals surface area contributed by atoms with Crippen LogP contribution in [0.25, 0.3) is 0 Å². The van der Waals surface area contributed by atoms with Gasteiger partial charge in [0.2, 0.25) is 6.10 Å². The first kappa shape index (κ1) is 9.22. The van der Waals surface area contributed by atoms with Crippen molar-refractivity contribution >= 4 is 12.0 Å². The fourth-order valence-electron chi connectivity index (χ4n) is 1.22. The zero-order valence-corrected chi connectivity index (χ0v) is 7.01. The van der Waals surface area contributed by atoms with Crippen LogP contribution >= 0.6 is 0 Å². The monoisotopic (exact) mass is 195 g/mol. The van der Waals surface area contributed by atoms with Gasteiger partial charge in [0.15, 0.2) is 0 Å². The summed E-state index contributed by atoms with van der Waals surface area (Å²) in [5.74, 6) is 0. The highest BCUT2D eigenvalue weighted by atomic mass is 16.9. The second-order valence-corrected chi connectivity index (χ2v) is 2.90. The SMILES string of the molecule is O=CC1=CC2=NC([O-])(O)ONC2C=C1. The molecule has 2 unspecified atom stereocenters. The third kappa shape index (κ3) is 1.64. The average molecular weight is 195 g/mol. The van der Waals surface area contributed by atoms with Gasteiger partial charge < -0.3 is 10.2 Å². The number of hydroxylamine groups is 1. The number of hydrogen-bond donors (Lipinski definition) is 2. The Labute approximate surface area is 79.2 Å². The smallest absolute Gasteiger partial charge is 0.218 e. The molecule has 1 heterocycles. The van der Waals surface area contributed by atoms with Crippen molar-refractivity contribution in [2.24, 2.45) is 4.99 Å². The van der Waals surface area contributed by atoms with Gasteiger partial charge in [0, 0.05) is 5.57 Å². The Bertz CT molecular complexity index is 356. The number of rotatable bonds is 1. The second kappa shape index (κ2) is 3.10. The van der Waals surface area contributed by atoms with Crippen LogP contribution in [0.5, 0.6) is 0 Å². The average Bonchev–Trinajstić information content (AvgIpc) is 2.15. The molecule has 1 aliphatic carbocycles. The molecule has 0 saturated carbocycles. The molecule has 0 aromatic heterocycles. The van der Waals surface area contributed by atoms with E-state index in [2.05, 4.69) is 15.3 Å². The molecule has 2 aliphatic rings. The Kier molecular flexibility index (Phi) is 2.05. The summed E-state index contributed by atoms with van der Waals surface area (Å²) < 4.78 is 0. The molecule has 2 atom stereocenters. The topological polar surface area (TPSA) is 94.0 Å². The number of nitrogens with one attached hydrogen (secondary N) is 1. The summed E-state index contributed by atoms with van der Waals surface area (Å²) in [5.41, 5.74) is 2.98. The van der Waals surface area contributed by atoms with Crippen LogP contribution in [0, 0.1) is 0 Å². The third-order valence-corrected chi connectivity index (χ3v) is 1.84. The summed E-state index contributed by atoms with van der Waals surface area (Å²) in [6.45, 7) is 0. The van der Waals surface area contributed by atoms with E-state index in [1.807, 2.05) is 0 Å². The number of allylic oxidation sites excluding steroid dienone is 2. The van der Waals surface area contributed by atoms with Crippen molar-refractivity contribution in [3.8, 4) is 0 Å². The van der Waals surface area contributed by atoms with E-state index < -0.39 is 12.1 Å². The molecule has 0 bridgehead atoms. The number of hydrogen-bond acceptors (Lipinski definition) is 6. The number of aliphatic imine (C=N–C) groups is 1. The maximum Gasteiger partial charge on any atom is 0.218 e. The summed E-state index contributed by atoms with van der Waals surface area (Å²) in [6.07, 6.45) is 2.41. The number of carbonyl (C=O) groups excluding carboxylic acids is 1. The number of fused-ring (bicyclic) bond motifs is 1.